The standard InChI is InChI=1S/C16H17F2N3O3S/c17-15(18)24-13-3-1-11(2-4-13)14(22)20-16-19-12(10-25-16)9-21-5-7-23-8-6-21/h1-4,10,15H,5-9H2,(H,19,20,22). The molecule has 1 N–H and O–H groups in total. The highest BCUT2D eigenvalue weighted by atomic mass is 32.1. The third kappa shape index (κ3) is 5.18. The minimum atomic E-state index is -2.89. The van der Waals surface area contributed by atoms with Gasteiger partial charge in [-0.3, -0.25) is 15.0 Å². The van der Waals surface area contributed by atoms with Gasteiger partial charge in [0.2, 0.25) is 0 Å². The molecule has 0 atom stereocenters. The van der Waals surface area contributed by atoms with Gasteiger partial charge in [0.05, 0.1) is 18.9 Å². The van der Waals surface area contributed by atoms with Gasteiger partial charge in [0.15, 0.2) is 5.13 Å². The van der Waals surface area contributed by atoms with Gasteiger partial charge >= 0.3 is 6.61 Å². The Labute approximate surface area is 147 Å². The average Bonchev–Trinajstić information content (AvgIpc) is 3.02. The summed E-state index contributed by atoms with van der Waals surface area (Å²) in [6.07, 6.45) is 0. The number of amides is 1. The molecule has 1 aromatic carbocycles. The van der Waals surface area contributed by atoms with Crippen LogP contribution in [0.2, 0.25) is 0 Å². The van der Waals surface area contributed by atoms with Crippen LogP contribution in [0.3, 0.4) is 0 Å². The predicted molar refractivity (Wildman–Crippen MR) is 89.2 cm³/mol. The zero-order chi connectivity index (χ0) is 17.6. The van der Waals surface area contributed by atoms with E-state index in [0.717, 1.165) is 38.5 Å². The fourth-order valence-corrected chi connectivity index (χ4v) is 3.08. The molecular weight excluding hydrogens is 352 g/mol. The maximum atomic E-state index is 12.2. The van der Waals surface area contributed by atoms with Crippen LogP contribution in [0.5, 0.6) is 5.75 Å². The summed E-state index contributed by atoms with van der Waals surface area (Å²) in [5.41, 5.74) is 1.23. The minimum absolute atomic E-state index is 0.00796. The molecule has 1 aromatic heterocycles. The number of thiazole rings is 1. The number of anilines is 1. The lowest BCUT2D eigenvalue weighted by atomic mass is 10.2. The summed E-state index contributed by atoms with van der Waals surface area (Å²) in [5, 5.41) is 5.12. The Morgan fingerprint density at radius 1 is 1.32 bits per heavy atom. The van der Waals surface area contributed by atoms with E-state index < -0.39 is 6.61 Å². The van der Waals surface area contributed by atoms with Crippen molar-refractivity contribution >= 4 is 22.4 Å². The largest absolute Gasteiger partial charge is 0.435 e. The van der Waals surface area contributed by atoms with E-state index in [4.69, 9.17) is 4.74 Å². The van der Waals surface area contributed by atoms with E-state index in [1.165, 1.54) is 35.6 Å². The Morgan fingerprint density at radius 2 is 2.04 bits per heavy atom. The van der Waals surface area contributed by atoms with E-state index in [-0.39, 0.29) is 11.7 Å². The fraction of sp³-hybridized carbons (Fsp3) is 0.375. The summed E-state index contributed by atoms with van der Waals surface area (Å²) in [4.78, 5) is 18.8. The molecule has 0 aliphatic carbocycles. The zero-order valence-corrected chi connectivity index (χ0v) is 14.1. The first-order valence-corrected chi connectivity index (χ1v) is 8.59. The van der Waals surface area contributed by atoms with Crippen LogP contribution in [0.25, 0.3) is 0 Å². The van der Waals surface area contributed by atoms with Crippen molar-refractivity contribution < 1.29 is 23.0 Å². The summed E-state index contributed by atoms with van der Waals surface area (Å²) in [7, 11) is 0. The topological polar surface area (TPSA) is 63.7 Å². The number of rotatable bonds is 6. The maximum Gasteiger partial charge on any atom is 0.387 e. The van der Waals surface area contributed by atoms with Crippen molar-refractivity contribution in [3.8, 4) is 5.75 Å². The van der Waals surface area contributed by atoms with Crippen molar-refractivity contribution in [2.75, 3.05) is 31.6 Å². The third-order valence-electron chi connectivity index (χ3n) is 3.60. The van der Waals surface area contributed by atoms with Crippen LogP contribution >= 0.6 is 11.3 Å². The van der Waals surface area contributed by atoms with E-state index in [9.17, 15) is 13.6 Å². The van der Waals surface area contributed by atoms with Crippen LogP contribution in [0.4, 0.5) is 13.9 Å². The molecular formula is C16H17F2N3O3S. The van der Waals surface area contributed by atoms with Gasteiger partial charge in [-0.2, -0.15) is 8.78 Å². The molecule has 1 aliphatic heterocycles. The fourth-order valence-electron chi connectivity index (χ4n) is 2.38. The SMILES string of the molecule is O=C(Nc1nc(CN2CCOCC2)cs1)c1ccc(OC(F)F)cc1. The number of ether oxygens (including phenoxy) is 2. The summed E-state index contributed by atoms with van der Waals surface area (Å²) in [6.45, 7) is 1.01. The van der Waals surface area contributed by atoms with E-state index >= 15 is 0 Å². The van der Waals surface area contributed by atoms with Gasteiger partial charge in [-0.25, -0.2) is 4.98 Å². The van der Waals surface area contributed by atoms with Crippen molar-refractivity contribution in [2.45, 2.75) is 13.2 Å². The van der Waals surface area contributed by atoms with Crippen LogP contribution in [0, 0.1) is 0 Å². The number of hydrogen-bond acceptors (Lipinski definition) is 6. The maximum absolute atomic E-state index is 12.2. The van der Waals surface area contributed by atoms with Crippen LogP contribution in [0.15, 0.2) is 29.6 Å². The molecule has 1 aliphatic rings. The molecule has 1 fully saturated rings. The second-order valence-electron chi connectivity index (χ2n) is 5.39. The molecule has 0 radical (unpaired) electrons. The Kier molecular flexibility index (Phi) is 5.90. The number of nitrogens with one attached hydrogen (secondary N) is 1. The molecule has 6 nitrogen and oxygen atoms in total. The second kappa shape index (κ2) is 8.32. The van der Waals surface area contributed by atoms with Crippen molar-refractivity contribution in [2.24, 2.45) is 0 Å². The monoisotopic (exact) mass is 369 g/mol. The molecule has 0 bridgehead atoms. The Bertz CT molecular complexity index is 703. The summed E-state index contributed by atoms with van der Waals surface area (Å²) >= 11 is 1.35. The third-order valence-corrected chi connectivity index (χ3v) is 4.41. The Morgan fingerprint density at radius 3 is 2.72 bits per heavy atom. The highest BCUT2D eigenvalue weighted by Crippen LogP contribution is 2.19. The summed E-state index contributed by atoms with van der Waals surface area (Å²) in [6, 6.07) is 5.50. The molecule has 3 rings (SSSR count). The molecule has 0 spiro atoms. The Hall–Kier alpha value is -2.10. The van der Waals surface area contributed by atoms with Gasteiger partial charge in [0, 0.05) is 30.6 Å². The van der Waals surface area contributed by atoms with Crippen LogP contribution in [-0.4, -0.2) is 48.7 Å². The first-order chi connectivity index (χ1) is 12.1. The number of halogens is 2. The number of carbonyl (C=O) groups is 1. The van der Waals surface area contributed by atoms with Crippen LogP contribution in [-0.2, 0) is 11.3 Å². The molecule has 25 heavy (non-hydrogen) atoms. The zero-order valence-electron chi connectivity index (χ0n) is 13.3. The molecule has 2 heterocycles. The van der Waals surface area contributed by atoms with E-state index in [2.05, 4.69) is 19.9 Å². The number of alkyl halides is 2. The van der Waals surface area contributed by atoms with Gasteiger partial charge < -0.3 is 9.47 Å². The molecule has 0 unspecified atom stereocenters. The lowest BCUT2D eigenvalue weighted by Gasteiger charge is -2.25. The van der Waals surface area contributed by atoms with Gasteiger partial charge in [0.25, 0.3) is 5.91 Å². The highest BCUT2D eigenvalue weighted by molar-refractivity contribution is 7.13. The molecule has 9 heteroatoms. The average molecular weight is 369 g/mol. The lowest BCUT2D eigenvalue weighted by molar-refractivity contribution is -0.0498. The quantitative estimate of drug-likeness (QED) is 0.848. The minimum Gasteiger partial charge on any atom is -0.435 e. The van der Waals surface area contributed by atoms with Crippen molar-refractivity contribution in [1.29, 1.82) is 0 Å². The number of nitrogens with zero attached hydrogens (tertiary/aromatic N) is 2. The van der Waals surface area contributed by atoms with E-state index in [1.54, 1.807) is 0 Å². The highest BCUT2D eigenvalue weighted by Gasteiger charge is 2.14. The smallest absolute Gasteiger partial charge is 0.387 e. The number of morpholine rings is 1. The van der Waals surface area contributed by atoms with Gasteiger partial charge in [-0.1, -0.05) is 0 Å². The molecule has 1 saturated heterocycles. The predicted octanol–water partition coefficient (Wildman–Crippen LogP) is 2.83. The first-order valence-electron chi connectivity index (χ1n) is 7.71. The molecule has 134 valence electrons. The number of hydrogen-bond donors (Lipinski definition) is 1. The first kappa shape index (κ1) is 17.7. The second-order valence-corrected chi connectivity index (χ2v) is 6.25. The Balaban J connectivity index is 1.55. The van der Waals surface area contributed by atoms with Crippen molar-refractivity contribution in [1.82, 2.24) is 9.88 Å². The van der Waals surface area contributed by atoms with E-state index in [0.29, 0.717) is 10.7 Å². The van der Waals surface area contributed by atoms with Crippen molar-refractivity contribution in [3.05, 3.63) is 40.9 Å². The number of carbonyl (C=O) groups excluding carboxylic acids is 1. The molecule has 0 saturated carbocycles. The van der Waals surface area contributed by atoms with Gasteiger partial charge in [0.1, 0.15) is 5.75 Å². The number of benzene rings is 1. The van der Waals surface area contributed by atoms with Gasteiger partial charge in [-0.15, -0.1) is 11.3 Å². The molecule has 2 aromatic rings. The van der Waals surface area contributed by atoms with E-state index in [1.807, 2.05) is 5.38 Å². The van der Waals surface area contributed by atoms with Crippen LogP contribution in [0.1, 0.15) is 16.1 Å². The summed E-state index contributed by atoms with van der Waals surface area (Å²) in [5.74, 6) is -0.343. The molecule has 1 amide bonds. The lowest BCUT2D eigenvalue weighted by Crippen LogP contribution is -2.35. The summed E-state index contributed by atoms with van der Waals surface area (Å²) < 4.78 is 33.8. The van der Waals surface area contributed by atoms with Gasteiger partial charge in [-0.05, 0) is 24.3 Å². The van der Waals surface area contributed by atoms with Crippen molar-refractivity contribution in [3.63, 3.8) is 0 Å². The number of aromatic nitrogens is 1. The van der Waals surface area contributed by atoms with Crippen LogP contribution < -0.4 is 10.1 Å². The normalized spacial score (nSPS) is 15.3.